The van der Waals surface area contributed by atoms with E-state index in [4.69, 9.17) is 17.0 Å². The number of rotatable bonds is 5. The largest absolute Gasteiger partial charge is 0.497 e. The molecule has 3 rings (SSSR count). The first-order valence-corrected chi connectivity index (χ1v) is 9.38. The summed E-state index contributed by atoms with van der Waals surface area (Å²) in [4.78, 5) is 16.1. The molecule has 0 bridgehead atoms. The topological polar surface area (TPSA) is 44.8 Å². The Bertz CT molecular complexity index is 722. The predicted molar refractivity (Wildman–Crippen MR) is 106 cm³/mol. The maximum atomic E-state index is 10.8. The van der Waals surface area contributed by atoms with Gasteiger partial charge in [0, 0.05) is 32.7 Å². The van der Waals surface area contributed by atoms with Gasteiger partial charge >= 0.3 is 0 Å². The van der Waals surface area contributed by atoms with E-state index in [9.17, 15) is 4.79 Å². The van der Waals surface area contributed by atoms with Crippen molar-refractivity contribution in [3.05, 3.63) is 46.8 Å². The zero-order valence-electron chi connectivity index (χ0n) is 14.1. The van der Waals surface area contributed by atoms with Crippen LogP contribution in [-0.4, -0.2) is 49.6 Å². The van der Waals surface area contributed by atoms with E-state index in [2.05, 4.69) is 15.1 Å². The number of piperazine rings is 1. The molecule has 1 aliphatic heterocycles. The van der Waals surface area contributed by atoms with E-state index < -0.39 is 0 Å². The zero-order chi connectivity index (χ0) is 17.6. The SMILES string of the molecule is COc1ccc(CNC(=S)N2CCN(c3ccc(C=O)s3)CC2)cc1. The third-order valence-corrected chi connectivity index (χ3v) is 5.68. The number of methoxy groups -OCH3 is 1. The fraction of sp³-hybridized carbons (Fsp3) is 0.333. The minimum atomic E-state index is 0.705. The van der Waals surface area contributed by atoms with E-state index in [1.165, 1.54) is 5.56 Å². The first-order valence-electron chi connectivity index (χ1n) is 8.15. The number of aldehydes is 1. The van der Waals surface area contributed by atoms with E-state index in [0.29, 0.717) is 6.54 Å². The number of thiophene rings is 1. The standard InChI is InChI=1S/C18H21N3O2S2/c1-23-15-4-2-14(3-5-15)12-19-18(24)21-10-8-20(9-11-21)17-7-6-16(13-22)25-17/h2-7,13H,8-12H2,1H3,(H,19,24). The smallest absolute Gasteiger partial charge is 0.169 e. The van der Waals surface area contributed by atoms with E-state index in [1.54, 1.807) is 18.4 Å². The number of hydrogen-bond acceptors (Lipinski definition) is 5. The Balaban J connectivity index is 1.46. The summed E-state index contributed by atoms with van der Waals surface area (Å²) in [7, 11) is 1.66. The molecule has 0 unspecified atom stereocenters. The molecule has 1 aromatic carbocycles. The quantitative estimate of drug-likeness (QED) is 0.640. The lowest BCUT2D eigenvalue weighted by molar-refractivity contribution is 0.112. The number of ether oxygens (including phenoxy) is 1. The molecule has 5 nitrogen and oxygen atoms in total. The van der Waals surface area contributed by atoms with Crippen molar-refractivity contribution in [2.45, 2.75) is 6.54 Å². The fourth-order valence-electron chi connectivity index (χ4n) is 2.74. The Kier molecular flexibility index (Phi) is 5.88. The molecule has 0 saturated carbocycles. The number of carbonyl (C=O) groups excluding carboxylic acids is 1. The van der Waals surface area contributed by atoms with Crippen LogP contribution >= 0.6 is 23.6 Å². The second-order valence-electron chi connectivity index (χ2n) is 5.77. The summed E-state index contributed by atoms with van der Waals surface area (Å²) in [6.45, 7) is 4.27. The number of carbonyl (C=O) groups is 1. The lowest BCUT2D eigenvalue weighted by Crippen LogP contribution is -2.51. The number of thiocarbonyl (C=S) groups is 1. The summed E-state index contributed by atoms with van der Waals surface area (Å²) >= 11 is 7.07. The summed E-state index contributed by atoms with van der Waals surface area (Å²) in [5.74, 6) is 0.855. The lowest BCUT2D eigenvalue weighted by atomic mass is 10.2. The highest BCUT2D eigenvalue weighted by Crippen LogP contribution is 2.25. The number of anilines is 1. The van der Waals surface area contributed by atoms with E-state index in [1.807, 2.05) is 36.4 Å². The second kappa shape index (κ2) is 8.31. The van der Waals surface area contributed by atoms with Gasteiger partial charge in [-0.05, 0) is 42.0 Å². The molecule has 0 radical (unpaired) electrons. The molecule has 0 atom stereocenters. The van der Waals surface area contributed by atoms with Gasteiger partial charge in [0.25, 0.3) is 0 Å². The minimum Gasteiger partial charge on any atom is -0.497 e. The van der Waals surface area contributed by atoms with Crippen molar-refractivity contribution in [3.8, 4) is 5.75 Å². The lowest BCUT2D eigenvalue weighted by Gasteiger charge is -2.36. The van der Waals surface area contributed by atoms with Gasteiger partial charge in [0.2, 0.25) is 0 Å². The molecule has 0 spiro atoms. The third kappa shape index (κ3) is 4.49. The fourth-order valence-corrected chi connectivity index (χ4v) is 3.87. The molecular formula is C18H21N3O2S2. The van der Waals surface area contributed by atoms with Gasteiger partial charge in [-0.25, -0.2) is 0 Å². The van der Waals surface area contributed by atoms with Crippen LogP contribution in [0, 0.1) is 0 Å². The van der Waals surface area contributed by atoms with Gasteiger partial charge in [0.05, 0.1) is 17.0 Å². The van der Waals surface area contributed by atoms with Crippen LogP contribution < -0.4 is 15.0 Å². The van der Waals surface area contributed by atoms with Gasteiger partial charge in [0.1, 0.15) is 5.75 Å². The molecule has 1 N–H and O–H groups in total. The Hall–Kier alpha value is -2.12. The Morgan fingerprint density at radius 2 is 1.92 bits per heavy atom. The average molecular weight is 376 g/mol. The van der Waals surface area contributed by atoms with Crippen LogP contribution in [0.1, 0.15) is 15.2 Å². The number of nitrogens with zero attached hydrogens (tertiary/aromatic N) is 2. The molecule has 0 amide bonds. The van der Waals surface area contributed by atoms with Gasteiger partial charge in [-0.2, -0.15) is 0 Å². The van der Waals surface area contributed by atoms with Crippen molar-refractivity contribution in [2.75, 3.05) is 38.2 Å². The molecule has 132 valence electrons. The van der Waals surface area contributed by atoms with Crippen LogP contribution in [0.15, 0.2) is 36.4 Å². The zero-order valence-corrected chi connectivity index (χ0v) is 15.7. The maximum Gasteiger partial charge on any atom is 0.169 e. The van der Waals surface area contributed by atoms with Crippen LogP contribution in [0.5, 0.6) is 5.75 Å². The summed E-state index contributed by atoms with van der Waals surface area (Å²) in [5.41, 5.74) is 1.17. The minimum absolute atomic E-state index is 0.705. The Morgan fingerprint density at radius 1 is 1.20 bits per heavy atom. The summed E-state index contributed by atoms with van der Waals surface area (Å²) in [5, 5.41) is 5.27. The normalized spacial score (nSPS) is 14.3. The van der Waals surface area contributed by atoms with Gasteiger partial charge < -0.3 is 19.9 Å². The molecular weight excluding hydrogens is 354 g/mol. The van der Waals surface area contributed by atoms with Crippen molar-refractivity contribution >= 4 is 40.0 Å². The highest BCUT2D eigenvalue weighted by molar-refractivity contribution is 7.80. The number of nitrogens with one attached hydrogen (secondary N) is 1. The van der Waals surface area contributed by atoms with Crippen molar-refractivity contribution in [1.29, 1.82) is 0 Å². The van der Waals surface area contributed by atoms with Crippen LogP contribution in [0.2, 0.25) is 0 Å². The van der Waals surface area contributed by atoms with Crippen LogP contribution in [0.25, 0.3) is 0 Å². The Morgan fingerprint density at radius 3 is 2.52 bits per heavy atom. The molecule has 1 aromatic heterocycles. The number of benzene rings is 1. The first kappa shape index (κ1) is 17.7. The average Bonchev–Trinajstić information content (AvgIpc) is 3.16. The predicted octanol–water partition coefficient (Wildman–Crippen LogP) is 2.77. The molecule has 7 heteroatoms. The molecule has 2 aromatic rings. The molecule has 1 fully saturated rings. The van der Waals surface area contributed by atoms with Crippen molar-refractivity contribution in [3.63, 3.8) is 0 Å². The highest BCUT2D eigenvalue weighted by Gasteiger charge is 2.20. The third-order valence-electron chi connectivity index (χ3n) is 4.21. The monoisotopic (exact) mass is 375 g/mol. The highest BCUT2D eigenvalue weighted by atomic mass is 32.1. The van der Waals surface area contributed by atoms with Crippen molar-refractivity contribution in [2.24, 2.45) is 0 Å². The molecule has 0 aliphatic carbocycles. The van der Waals surface area contributed by atoms with Gasteiger partial charge in [-0.15, -0.1) is 11.3 Å². The van der Waals surface area contributed by atoms with Gasteiger partial charge in [0.15, 0.2) is 11.4 Å². The second-order valence-corrected chi connectivity index (χ2v) is 7.26. The molecule has 25 heavy (non-hydrogen) atoms. The molecule has 1 aliphatic rings. The Labute approximate surface area is 157 Å². The maximum absolute atomic E-state index is 10.8. The van der Waals surface area contributed by atoms with Crippen LogP contribution in [0.3, 0.4) is 0 Å². The van der Waals surface area contributed by atoms with Gasteiger partial charge in [-0.3, -0.25) is 4.79 Å². The first-order chi connectivity index (χ1) is 12.2. The van der Waals surface area contributed by atoms with E-state index in [-0.39, 0.29) is 0 Å². The summed E-state index contributed by atoms with van der Waals surface area (Å²) in [6, 6.07) is 11.9. The summed E-state index contributed by atoms with van der Waals surface area (Å²) in [6.07, 6.45) is 0.905. The van der Waals surface area contributed by atoms with Crippen LogP contribution in [0.4, 0.5) is 5.00 Å². The summed E-state index contributed by atoms with van der Waals surface area (Å²) < 4.78 is 5.17. The molecule has 1 saturated heterocycles. The van der Waals surface area contributed by atoms with Crippen LogP contribution in [-0.2, 0) is 6.54 Å². The molecule has 2 heterocycles. The van der Waals surface area contributed by atoms with Crippen molar-refractivity contribution < 1.29 is 9.53 Å². The van der Waals surface area contributed by atoms with E-state index >= 15 is 0 Å². The van der Waals surface area contributed by atoms with Gasteiger partial charge in [-0.1, -0.05) is 12.1 Å². The number of hydrogen-bond donors (Lipinski definition) is 1. The van der Waals surface area contributed by atoms with E-state index in [0.717, 1.165) is 53.2 Å². The van der Waals surface area contributed by atoms with Crippen molar-refractivity contribution in [1.82, 2.24) is 10.2 Å².